The number of rotatable bonds is 4. The Morgan fingerprint density at radius 1 is 1.38 bits per heavy atom. The van der Waals surface area contributed by atoms with Gasteiger partial charge in [-0.3, -0.25) is 0 Å². The molecule has 5 heteroatoms. The molecule has 0 aliphatic carbocycles. The fourth-order valence-corrected chi connectivity index (χ4v) is 2.22. The standard InChI is InChI=1S/C11H15NS2.Mo.S/c1-2-3-6-9-7-4-5-8-10(9)14-11(12)13;;/h4-5,7-8H,2-3,6H2,1H3,(H2,12,13);;. The van der Waals surface area contributed by atoms with E-state index >= 15 is 0 Å². The van der Waals surface area contributed by atoms with Crippen molar-refractivity contribution in [3.63, 3.8) is 0 Å². The quantitative estimate of drug-likeness (QED) is 0.503. The number of thiocarbonyl (C=S) groups is 1. The summed E-state index contributed by atoms with van der Waals surface area (Å²) in [4.78, 5) is 1.20. The van der Waals surface area contributed by atoms with E-state index in [2.05, 4.69) is 34.9 Å². The molecular weight excluding hydrogens is 338 g/mol. The Kier molecular flexibility index (Phi) is 10.8. The van der Waals surface area contributed by atoms with Gasteiger partial charge in [0.05, 0.1) is 0 Å². The molecule has 0 aliphatic rings. The van der Waals surface area contributed by atoms with Crippen LogP contribution in [0, 0.1) is 0 Å². The van der Waals surface area contributed by atoms with Crippen LogP contribution in [0.3, 0.4) is 0 Å². The normalized spacial score (nSPS) is 9.06. The van der Waals surface area contributed by atoms with Crippen molar-refractivity contribution in [3.8, 4) is 0 Å². The molecule has 1 aromatic rings. The van der Waals surface area contributed by atoms with E-state index in [9.17, 15) is 0 Å². The number of hydrogen-bond acceptors (Lipinski definition) is 3. The number of aryl methyl sites for hydroxylation is 1. The molecule has 0 saturated carbocycles. The van der Waals surface area contributed by atoms with Crippen LogP contribution in [0.25, 0.3) is 0 Å². The van der Waals surface area contributed by atoms with E-state index in [1.807, 2.05) is 6.07 Å². The number of thioether (sulfide) groups is 1. The summed E-state index contributed by atoms with van der Waals surface area (Å²) >= 11 is 7.91. The van der Waals surface area contributed by atoms with Gasteiger partial charge in [0.2, 0.25) is 0 Å². The van der Waals surface area contributed by atoms with Crippen molar-refractivity contribution in [3.05, 3.63) is 29.8 Å². The van der Waals surface area contributed by atoms with Crippen LogP contribution in [0.4, 0.5) is 0 Å². The second-order valence-corrected chi connectivity index (χ2v) is 4.91. The number of benzene rings is 1. The van der Waals surface area contributed by atoms with Gasteiger partial charge < -0.3 is 5.73 Å². The Morgan fingerprint density at radius 2 is 2.00 bits per heavy atom. The summed E-state index contributed by atoms with van der Waals surface area (Å²) in [6, 6.07) is 8.32. The van der Waals surface area contributed by atoms with Gasteiger partial charge in [0.25, 0.3) is 0 Å². The summed E-state index contributed by atoms with van der Waals surface area (Å²) in [6.07, 6.45) is 3.54. The maximum atomic E-state index is 5.52. The number of hydrogen-bond donors (Lipinski definition) is 1. The fourth-order valence-electron chi connectivity index (χ4n) is 1.29. The zero-order valence-electron chi connectivity index (χ0n) is 9.14. The molecule has 1 nitrogen and oxygen atoms in total. The van der Waals surface area contributed by atoms with Crippen molar-refractivity contribution in [2.24, 2.45) is 5.73 Å². The Balaban J connectivity index is 0.00000106. The van der Waals surface area contributed by atoms with E-state index in [0.717, 1.165) is 6.42 Å². The van der Waals surface area contributed by atoms with Gasteiger partial charge in [-0.2, -0.15) is 0 Å². The van der Waals surface area contributed by atoms with Gasteiger partial charge in [-0.25, -0.2) is 0 Å². The van der Waals surface area contributed by atoms with E-state index in [1.54, 1.807) is 0 Å². The summed E-state index contributed by atoms with van der Waals surface area (Å²) in [5.74, 6) is 0. The van der Waals surface area contributed by atoms with E-state index in [4.69, 9.17) is 18.0 Å². The van der Waals surface area contributed by atoms with Gasteiger partial charge in [0.15, 0.2) is 0 Å². The first-order valence-electron chi connectivity index (χ1n) is 4.96. The molecule has 1 rings (SSSR count). The van der Waals surface area contributed by atoms with Crippen LogP contribution in [0.1, 0.15) is 25.3 Å². The zero-order chi connectivity index (χ0) is 12.4. The first-order valence-corrected chi connectivity index (χ1v) is 8.97. The summed E-state index contributed by atoms with van der Waals surface area (Å²) in [5, 5.41) is 0. The molecule has 0 spiro atoms. The second-order valence-electron chi connectivity index (χ2n) is 3.13. The van der Waals surface area contributed by atoms with E-state index in [-0.39, 0.29) is 0 Å². The van der Waals surface area contributed by atoms with Crippen molar-refractivity contribution >= 4 is 38.1 Å². The van der Waals surface area contributed by atoms with Gasteiger partial charge in [0.1, 0.15) is 4.32 Å². The molecule has 0 saturated heterocycles. The fraction of sp³-hybridized carbons (Fsp3) is 0.364. The minimum atomic E-state index is 0.494. The van der Waals surface area contributed by atoms with Crippen molar-refractivity contribution in [2.75, 3.05) is 0 Å². The van der Waals surface area contributed by atoms with Gasteiger partial charge >= 0.3 is 27.8 Å². The monoisotopic (exact) mass is 355 g/mol. The summed E-state index contributed by atoms with van der Waals surface area (Å²) in [6.45, 7) is 2.20. The average molecular weight is 353 g/mol. The van der Waals surface area contributed by atoms with E-state index in [1.165, 1.54) is 53.1 Å². The van der Waals surface area contributed by atoms with E-state index < -0.39 is 0 Å². The molecule has 0 radical (unpaired) electrons. The minimum absolute atomic E-state index is 0.494. The molecular formula is C11H15MoNS3. The van der Waals surface area contributed by atoms with Crippen molar-refractivity contribution in [1.82, 2.24) is 0 Å². The first-order chi connectivity index (χ1) is 7.74. The summed E-state index contributed by atoms with van der Waals surface area (Å²) in [7, 11) is 4.09. The van der Waals surface area contributed by atoms with Crippen LogP contribution in [0.15, 0.2) is 29.2 Å². The molecule has 0 aliphatic heterocycles. The van der Waals surface area contributed by atoms with Crippen molar-refractivity contribution < 1.29 is 18.0 Å². The summed E-state index contributed by atoms with van der Waals surface area (Å²) < 4.78 is 0.494. The molecule has 1 aromatic carbocycles. The molecule has 0 amide bonds. The number of nitrogens with two attached hydrogens (primary N) is 1. The summed E-state index contributed by atoms with van der Waals surface area (Å²) in [5.41, 5.74) is 6.87. The van der Waals surface area contributed by atoms with Gasteiger partial charge in [-0.15, -0.1) is 0 Å². The third-order valence-electron chi connectivity index (χ3n) is 1.98. The van der Waals surface area contributed by atoms with Crippen molar-refractivity contribution in [2.45, 2.75) is 31.1 Å². The molecule has 16 heavy (non-hydrogen) atoms. The molecule has 88 valence electrons. The molecule has 0 aromatic heterocycles. The van der Waals surface area contributed by atoms with Crippen LogP contribution in [-0.2, 0) is 24.4 Å². The van der Waals surface area contributed by atoms with Crippen LogP contribution < -0.4 is 5.73 Å². The average Bonchev–Trinajstić information content (AvgIpc) is 2.30. The second kappa shape index (κ2) is 10.5. The molecule has 0 fully saturated rings. The third kappa shape index (κ3) is 6.85. The molecule has 2 N–H and O–H groups in total. The zero-order valence-corrected chi connectivity index (χ0v) is 13.6. The molecule has 0 atom stereocenters. The Hall–Kier alpha value is 0.368. The van der Waals surface area contributed by atoms with Crippen molar-refractivity contribution in [1.29, 1.82) is 0 Å². The molecule has 0 bridgehead atoms. The topological polar surface area (TPSA) is 26.0 Å². The predicted octanol–water partition coefficient (Wildman–Crippen LogP) is 4.01. The molecule has 0 heterocycles. The SMILES string of the molecule is CCCCc1ccccc1SC(N)=S.[S]=[Mo]. The predicted molar refractivity (Wildman–Crippen MR) is 75.3 cm³/mol. The Morgan fingerprint density at radius 3 is 2.56 bits per heavy atom. The number of unbranched alkanes of at least 4 members (excludes halogenated alkanes) is 1. The first kappa shape index (κ1) is 16.4. The molecule has 0 unspecified atom stereocenters. The van der Waals surface area contributed by atoms with Gasteiger partial charge in [0, 0.05) is 4.90 Å². The third-order valence-corrected chi connectivity index (χ3v) is 3.05. The van der Waals surface area contributed by atoms with Crippen LogP contribution in [0.2, 0.25) is 0 Å². The maximum absolute atomic E-state index is 5.52. The van der Waals surface area contributed by atoms with Gasteiger partial charge in [-0.1, -0.05) is 55.5 Å². The Bertz CT molecular complexity index is 331. The van der Waals surface area contributed by atoms with Crippen LogP contribution in [0.5, 0.6) is 0 Å². The van der Waals surface area contributed by atoms with Gasteiger partial charge in [-0.05, 0) is 24.5 Å². The van der Waals surface area contributed by atoms with Crippen LogP contribution in [-0.4, -0.2) is 4.32 Å². The van der Waals surface area contributed by atoms with Crippen LogP contribution >= 0.6 is 33.8 Å². The Labute approximate surface area is 122 Å². The van der Waals surface area contributed by atoms with E-state index in [0.29, 0.717) is 4.32 Å².